The first-order valence-corrected chi connectivity index (χ1v) is 8.17. The minimum atomic E-state index is -0.158. The Morgan fingerprint density at radius 1 is 1.17 bits per heavy atom. The molecule has 0 spiro atoms. The van der Waals surface area contributed by atoms with Gasteiger partial charge in [0.1, 0.15) is 5.75 Å². The van der Waals surface area contributed by atoms with Crippen molar-refractivity contribution >= 4 is 17.2 Å². The molecule has 0 atom stereocenters. The molecular weight excluding hydrogens is 308 g/mol. The van der Waals surface area contributed by atoms with Gasteiger partial charge in [-0.2, -0.15) is 11.3 Å². The van der Waals surface area contributed by atoms with Crippen molar-refractivity contribution in [2.75, 3.05) is 6.61 Å². The molecule has 23 heavy (non-hydrogen) atoms. The molecule has 0 aliphatic rings. The third-order valence-electron chi connectivity index (χ3n) is 3.33. The molecule has 3 rings (SSSR count). The summed E-state index contributed by atoms with van der Waals surface area (Å²) in [4.78, 5) is 15.9. The third-order valence-corrected chi connectivity index (χ3v) is 4.01. The molecule has 0 fully saturated rings. The number of carbonyl (C=O) groups excluding carboxylic acids is 1. The lowest BCUT2D eigenvalue weighted by Crippen LogP contribution is -2.28. The topological polar surface area (TPSA) is 51.2 Å². The smallest absolute Gasteiger partial charge is 0.258 e. The van der Waals surface area contributed by atoms with Gasteiger partial charge in [-0.25, -0.2) is 0 Å². The number of hydrogen-bond donors (Lipinski definition) is 1. The van der Waals surface area contributed by atoms with Crippen molar-refractivity contribution in [1.82, 2.24) is 10.3 Å². The molecule has 2 aromatic heterocycles. The second-order valence-corrected chi connectivity index (χ2v) is 5.70. The largest absolute Gasteiger partial charge is 0.482 e. The zero-order chi connectivity index (χ0) is 15.9. The molecular formula is C18H16N2O2S. The van der Waals surface area contributed by atoms with Gasteiger partial charge in [-0.3, -0.25) is 9.78 Å². The van der Waals surface area contributed by atoms with Gasteiger partial charge in [0, 0.05) is 12.7 Å². The number of nitrogens with zero attached hydrogens (tertiary/aromatic N) is 1. The zero-order valence-electron chi connectivity index (χ0n) is 12.4. The Hall–Kier alpha value is -2.66. The fourth-order valence-corrected chi connectivity index (χ4v) is 2.86. The average molecular weight is 324 g/mol. The highest BCUT2D eigenvalue weighted by Crippen LogP contribution is 2.25. The molecule has 0 aliphatic carbocycles. The van der Waals surface area contributed by atoms with Crippen LogP contribution in [0.5, 0.6) is 5.75 Å². The first kappa shape index (κ1) is 15.2. The van der Waals surface area contributed by atoms with Crippen LogP contribution in [-0.4, -0.2) is 17.5 Å². The van der Waals surface area contributed by atoms with Crippen molar-refractivity contribution in [3.63, 3.8) is 0 Å². The van der Waals surface area contributed by atoms with Crippen LogP contribution in [0, 0.1) is 0 Å². The first-order valence-electron chi connectivity index (χ1n) is 7.23. The maximum absolute atomic E-state index is 11.9. The second kappa shape index (κ2) is 7.56. The number of nitrogens with one attached hydrogen (secondary N) is 1. The minimum absolute atomic E-state index is 0.0215. The van der Waals surface area contributed by atoms with Crippen molar-refractivity contribution in [3.8, 4) is 16.9 Å². The number of amides is 1. The van der Waals surface area contributed by atoms with Gasteiger partial charge < -0.3 is 10.1 Å². The predicted molar refractivity (Wildman–Crippen MR) is 91.3 cm³/mol. The molecule has 5 heteroatoms. The Morgan fingerprint density at radius 3 is 2.87 bits per heavy atom. The van der Waals surface area contributed by atoms with E-state index in [2.05, 4.69) is 27.8 Å². The van der Waals surface area contributed by atoms with Gasteiger partial charge >= 0.3 is 0 Å². The van der Waals surface area contributed by atoms with E-state index in [1.165, 1.54) is 5.56 Å². The fraction of sp³-hybridized carbons (Fsp3) is 0.111. The number of carbonyl (C=O) groups is 1. The van der Waals surface area contributed by atoms with Crippen LogP contribution in [0.25, 0.3) is 11.1 Å². The van der Waals surface area contributed by atoms with E-state index in [9.17, 15) is 4.79 Å². The van der Waals surface area contributed by atoms with Crippen LogP contribution in [-0.2, 0) is 11.3 Å². The number of benzene rings is 1. The molecule has 1 amide bonds. The van der Waals surface area contributed by atoms with Crippen molar-refractivity contribution in [3.05, 3.63) is 71.2 Å². The van der Waals surface area contributed by atoms with E-state index < -0.39 is 0 Å². The van der Waals surface area contributed by atoms with Crippen molar-refractivity contribution in [1.29, 1.82) is 0 Å². The molecule has 1 aromatic carbocycles. The average Bonchev–Trinajstić information content (AvgIpc) is 3.14. The van der Waals surface area contributed by atoms with Crippen LogP contribution in [0.1, 0.15) is 5.56 Å². The van der Waals surface area contributed by atoms with Crippen LogP contribution in [0.15, 0.2) is 65.6 Å². The summed E-state index contributed by atoms with van der Waals surface area (Å²) in [5.41, 5.74) is 3.40. The highest BCUT2D eigenvalue weighted by atomic mass is 32.1. The van der Waals surface area contributed by atoms with Crippen LogP contribution in [0.3, 0.4) is 0 Å². The maximum Gasteiger partial charge on any atom is 0.258 e. The molecule has 1 N–H and O–H groups in total. The zero-order valence-corrected chi connectivity index (χ0v) is 13.3. The Bertz CT molecular complexity index is 758. The summed E-state index contributed by atoms with van der Waals surface area (Å²) in [7, 11) is 0. The van der Waals surface area contributed by atoms with Gasteiger partial charge in [0.25, 0.3) is 5.91 Å². The highest BCUT2D eigenvalue weighted by Gasteiger charge is 2.07. The number of pyridine rings is 1. The Balaban J connectivity index is 1.57. The summed E-state index contributed by atoms with van der Waals surface area (Å²) >= 11 is 1.66. The highest BCUT2D eigenvalue weighted by molar-refractivity contribution is 7.08. The van der Waals surface area contributed by atoms with E-state index in [1.807, 2.05) is 23.6 Å². The minimum Gasteiger partial charge on any atom is -0.482 e. The lowest BCUT2D eigenvalue weighted by Gasteiger charge is -2.10. The summed E-state index contributed by atoms with van der Waals surface area (Å²) in [6, 6.07) is 13.7. The molecule has 0 bridgehead atoms. The Kier molecular flexibility index (Phi) is 5.01. The standard InChI is InChI=1S/C18H16N2O2S/c21-18(12-22-16-5-3-8-19-11-16)20-10-14-4-1-2-6-17(14)15-7-9-23-13-15/h1-9,11,13H,10,12H2,(H,20,21). The number of rotatable bonds is 6. The molecule has 0 saturated carbocycles. The summed E-state index contributed by atoms with van der Waals surface area (Å²) in [5, 5.41) is 7.04. The van der Waals surface area contributed by atoms with E-state index >= 15 is 0 Å². The van der Waals surface area contributed by atoms with Gasteiger partial charge in [0.15, 0.2) is 6.61 Å². The molecule has 3 aromatic rings. The number of thiophene rings is 1. The van der Waals surface area contributed by atoms with E-state index in [-0.39, 0.29) is 12.5 Å². The summed E-state index contributed by atoms with van der Waals surface area (Å²) in [6.45, 7) is 0.452. The maximum atomic E-state index is 11.9. The summed E-state index contributed by atoms with van der Waals surface area (Å²) in [6.07, 6.45) is 3.24. The number of hydrogen-bond acceptors (Lipinski definition) is 4. The van der Waals surface area contributed by atoms with Crippen molar-refractivity contribution < 1.29 is 9.53 Å². The monoisotopic (exact) mass is 324 g/mol. The van der Waals surface area contributed by atoms with E-state index in [1.54, 1.807) is 35.9 Å². The van der Waals surface area contributed by atoms with Crippen molar-refractivity contribution in [2.45, 2.75) is 6.54 Å². The lowest BCUT2D eigenvalue weighted by atomic mass is 10.0. The molecule has 0 unspecified atom stereocenters. The van der Waals surface area contributed by atoms with Crippen LogP contribution >= 0.6 is 11.3 Å². The molecule has 4 nitrogen and oxygen atoms in total. The van der Waals surface area contributed by atoms with Gasteiger partial charge in [-0.15, -0.1) is 0 Å². The van der Waals surface area contributed by atoms with Crippen molar-refractivity contribution in [2.24, 2.45) is 0 Å². The normalized spacial score (nSPS) is 10.3. The first-order chi connectivity index (χ1) is 11.3. The van der Waals surface area contributed by atoms with Crippen LogP contribution in [0.2, 0.25) is 0 Å². The number of ether oxygens (including phenoxy) is 1. The van der Waals surface area contributed by atoms with E-state index in [0.29, 0.717) is 12.3 Å². The second-order valence-electron chi connectivity index (χ2n) is 4.92. The predicted octanol–water partition coefficient (Wildman–Crippen LogP) is 3.51. The van der Waals surface area contributed by atoms with Gasteiger partial charge in [0.05, 0.1) is 6.20 Å². The van der Waals surface area contributed by atoms with Gasteiger partial charge in [-0.1, -0.05) is 24.3 Å². The van der Waals surface area contributed by atoms with Gasteiger partial charge in [-0.05, 0) is 45.6 Å². The molecule has 0 saturated heterocycles. The molecule has 0 aliphatic heterocycles. The molecule has 116 valence electrons. The van der Waals surface area contributed by atoms with Crippen LogP contribution in [0.4, 0.5) is 0 Å². The van der Waals surface area contributed by atoms with Gasteiger partial charge in [0.2, 0.25) is 0 Å². The van der Waals surface area contributed by atoms with Crippen LogP contribution < -0.4 is 10.1 Å². The summed E-state index contributed by atoms with van der Waals surface area (Å²) < 4.78 is 5.39. The lowest BCUT2D eigenvalue weighted by molar-refractivity contribution is -0.123. The fourth-order valence-electron chi connectivity index (χ4n) is 2.20. The summed E-state index contributed by atoms with van der Waals surface area (Å²) in [5.74, 6) is 0.426. The quantitative estimate of drug-likeness (QED) is 0.755. The molecule has 2 heterocycles. The number of aromatic nitrogens is 1. The molecule has 0 radical (unpaired) electrons. The third kappa shape index (κ3) is 4.17. The van der Waals surface area contributed by atoms with E-state index in [4.69, 9.17) is 4.74 Å². The SMILES string of the molecule is O=C(COc1cccnc1)NCc1ccccc1-c1ccsc1. The Morgan fingerprint density at radius 2 is 2.09 bits per heavy atom. The van der Waals surface area contributed by atoms with E-state index in [0.717, 1.165) is 11.1 Å². The Labute approximate surface area is 138 Å².